The summed E-state index contributed by atoms with van der Waals surface area (Å²) < 4.78 is 0. The van der Waals surface area contributed by atoms with Crippen LogP contribution in [0.25, 0.3) is 0 Å². The number of amides is 1. The van der Waals surface area contributed by atoms with Gasteiger partial charge in [0.25, 0.3) is 5.91 Å². The van der Waals surface area contributed by atoms with Crippen molar-refractivity contribution in [1.82, 2.24) is 9.88 Å². The zero-order valence-electron chi connectivity index (χ0n) is 8.46. The quantitative estimate of drug-likeness (QED) is 0.544. The van der Waals surface area contributed by atoms with E-state index in [2.05, 4.69) is 4.98 Å². The zero-order chi connectivity index (χ0) is 11.7. The Hall–Kier alpha value is -1.66. The first-order valence-corrected chi connectivity index (χ1v) is 4.92. The van der Waals surface area contributed by atoms with Gasteiger partial charge in [-0.25, -0.2) is 0 Å². The molecule has 2 atom stereocenters. The van der Waals surface area contributed by atoms with Crippen molar-refractivity contribution in [2.24, 2.45) is 0 Å². The molecule has 2 rings (SSSR count). The van der Waals surface area contributed by atoms with Gasteiger partial charge in [0, 0.05) is 19.2 Å². The van der Waals surface area contributed by atoms with Crippen molar-refractivity contribution >= 4 is 5.91 Å². The van der Waals surface area contributed by atoms with Gasteiger partial charge in [-0.1, -0.05) is 6.07 Å². The van der Waals surface area contributed by atoms with E-state index < -0.39 is 18.1 Å². The Labute approximate surface area is 91.1 Å². The first-order chi connectivity index (χ1) is 7.58. The molecule has 0 spiro atoms. The Bertz CT molecular complexity index is 446. The minimum Gasteiger partial charge on any atom is -0.388 e. The van der Waals surface area contributed by atoms with Crippen LogP contribution in [0, 0.1) is 0 Å². The van der Waals surface area contributed by atoms with E-state index in [1.54, 1.807) is 0 Å². The number of aromatic nitrogens is 1. The third kappa shape index (κ3) is 1.98. The summed E-state index contributed by atoms with van der Waals surface area (Å²) in [5.74, 6) is -0.395. The molecule has 0 aliphatic carbocycles. The number of pyridine rings is 1. The summed E-state index contributed by atoms with van der Waals surface area (Å²) in [7, 11) is 0. The molecule has 0 radical (unpaired) electrons. The number of aromatic amines is 1. The van der Waals surface area contributed by atoms with Gasteiger partial charge in [0.1, 0.15) is 5.69 Å². The molecule has 6 nitrogen and oxygen atoms in total. The molecule has 1 aromatic heterocycles. The molecule has 2 heterocycles. The zero-order valence-corrected chi connectivity index (χ0v) is 8.46. The molecule has 1 fully saturated rings. The number of nitrogens with one attached hydrogen (secondary N) is 1. The molecule has 0 bridgehead atoms. The van der Waals surface area contributed by atoms with E-state index in [9.17, 15) is 19.8 Å². The van der Waals surface area contributed by atoms with E-state index in [0.717, 1.165) is 0 Å². The normalized spacial score (nSPS) is 24.8. The molecule has 6 heteroatoms. The summed E-state index contributed by atoms with van der Waals surface area (Å²) >= 11 is 0. The second-order valence-corrected chi connectivity index (χ2v) is 3.77. The van der Waals surface area contributed by atoms with Crippen molar-refractivity contribution in [2.75, 3.05) is 13.1 Å². The van der Waals surface area contributed by atoms with Gasteiger partial charge in [0.15, 0.2) is 0 Å². The maximum absolute atomic E-state index is 11.8. The number of likely N-dealkylation sites (tertiary alicyclic amines) is 1. The van der Waals surface area contributed by atoms with Crippen LogP contribution < -0.4 is 5.56 Å². The van der Waals surface area contributed by atoms with Crippen LogP contribution in [0.5, 0.6) is 0 Å². The molecule has 3 N–H and O–H groups in total. The van der Waals surface area contributed by atoms with Gasteiger partial charge < -0.3 is 20.1 Å². The predicted octanol–water partition coefficient (Wildman–Crippen LogP) is -1.45. The van der Waals surface area contributed by atoms with Crippen LogP contribution in [-0.2, 0) is 0 Å². The number of β-amino-alcohol motifs (C(OH)–C–C–N with tert-alkyl or cyclic N) is 2. The van der Waals surface area contributed by atoms with Gasteiger partial charge >= 0.3 is 0 Å². The average molecular weight is 224 g/mol. The average Bonchev–Trinajstić information content (AvgIpc) is 2.58. The highest BCUT2D eigenvalue weighted by Crippen LogP contribution is 2.12. The highest BCUT2D eigenvalue weighted by molar-refractivity contribution is 5.92. The molecule has 0 aromatic carbocycles. The molecular weight excluding hydrogens is 212 g/mol. The molecule has 16 heavy (non-hydrogen) atoms. The van der Waals surface area contributed by atoms with Crippen LogP contribution in [0.4, 0.5) is 0 Å². The lowest BCUT2D eigenvalue weighted by atomic mass is 10.3. The Morgan fingerprint density at radius 3 is 2.50 bits per heavy atom. The maximum Gasteiger partial charge on any atom is 0.270 e. The molecule has 1 amide bonds. The molecule has 86 valence electrons. The number of carbonyl (C=O) groups excluding carboxylic acids is 1. The van der Waals surface area contributed by atoms with E-state index in [1.165, 1.54) is 23.1 Å². The molecule has 1 saturated heterocycles. The summed E-state index contributed by atoms with van der Waals surface area (Å²) in [6.07, 6.45) is -1.83. The van der Waals surface area contributed by atoms with E-state index in [4.69, 9.17) is 0 Å². The fourth-order valence-corrected chi connectivity index (χ4v) is 1.68. The largest absolute Gasteiger partial charge is 0.388 e. The van der Waals surface area contributed by atoms with Crippen LogP contribution in [0.15, 0.2) is 23.0 Å². The standard InChI is InChI=1S/C10H12N2O4/c13-7-4-12(5-8(7)14)10(16)6-2-1-3-9(15)11-6/h1-3,7-8,13-14H,4-5H2,(H,11,15). The Balaban J connectivity index is 2.18. The van der Waals surface area contributed by atoms with Crippen molar-refractivity contribution < 1.29 is 15.0 Å². The number of hydrogen-bond donors (Lipinski definition) is 3. The molecule has 2 unspecified atom stereocenters. The van der Waals surface area contributed by atoms with Crippen molar-refractivity contribution in [3.63, 3.8) is 0 Å². The highest BCUT2D eigenvalue weighted by atomic mass is 16.3. The van der Waals surface area contributed by atoms with Gasteiger partial charge in [-0.3, -0.25) is 9.59 Å². The topological polar surface area (TPSA) is 93.6 Å². The van der Waals surface area contributed by atoms with E-state index >= 15 is 0 Å². The number of nitrogens with zero attached hydrogens (tertiary/aromatic N) is 1. The summed E-state index contributed by atoms with van der Waals surface area (Å²) in [4.78, 5) is 26.5. The van der Waals surface area contributed by atoms with Gasteiger partial charge in [0.05, 0.1) is 12.2 Å². The number of carbonyl (C=O) groups is 1. The Morgan fingerprint density at radius 2 is 1.94 bits per heavy atom. The predicted molar refractivity (Wildman–Crippen MR) is 55.0 cm³/mol. The van der Waals surface area contributed by atoms with Crippen molar-refractivity contribution in [3.05, 3.63) is 34.2 Å². The summed E-state index contributed by atoms with van der Waals surface area (Å²) in [6, 6.07) is 4.28. The van der Waals surface area contributed by atoms with Gasteiger partial charge in [-0.2, -0.15) is 0 Å². The molecule has 1 aliphatic heterocycles. The van der Waals surface area contributed by atoms with Crippen LogP contribution in [0.3, 0.4) is 0 Å². The van der Waals surface area contributed by atoms with Gasteiger partial charge in [0.2, 0.25) is 5.56 Å². The van der Waals surface area contributed by atoms with E-state index in [1.807, 2.05) is 0 Å². The molecule has 0 saturated carbocycles. The van der Waals surface area contributed by atoms with Crippen molar-refractivity contribution in [2.45, 2.75) is 12.2 Å². The first-order valence-electron chi connectivity index (χ1n) is 4.92. The van der Waals surface area contributed by atoms with Gasteiger partial charge in [-0.15, -0.1) is 0 Å². The minimum atomic E-state index is -0.917. The second kappa shape index (κ2) is 4.07. The molecule has 1 aromatic rings. The Morgan fingerprint density at radius 1 is 1.31 bits per heavy atom. The lowest BCUT2D eigenvalue weighted by molar-refractivity contribution is 0.0572. The lowest BCUT2D eigenvalue weighted by Crippen LogP contribution is -2.31. The lowest BCUT2D eigenvalue weighted by Gasteiger charge is -2.14. The monoisotopic (exact) mass is 224 g/mol. The van der Waals surface area contributed by atoms with Crippen molar-refractivity contribution in [3.8, 4) is 0 Å². The van der Waals surface area contributed by atoms with Crippen molar-refractivity contribution in [1.29, 1.82) is 0 Å². The smallest absolute Gasteiger partial charge is 0.270 e. The first kappa shape index (κ1) is 10.8. The fraction of sp³-hybridized carbons (Fsp3) is 0.400. The van der Waals surface area contributed by atoms with Gasteiger partial charge in [-0.05, 0) is 6.07 Å². The molecular formula is C10H12N2O4. The number of aliphatic hydroxyl groups is 2. The van der Waals surface area contributed by atoms with E-state index in [0.29, 0.717) is 0 Å². The minimum absolute atomic E-state index is 0.0803. The second-order valence-electron chi connectivity index (χ2n) is 3.77. The van der Waals surface area contributed by atoms with Crippen LogP contribution in [-0.4, -0.2) is 51.3 Å². The van der Waals surface area contributed by atoms with Crippen LogP contribution >= 0.6 is 0 Å². The Kier molecular flexibility index (Phi) is 2.76. The highest BCUT2D eigenvalue weighted by Gasteiger charge is 2.33. The number of H-pyrrole nitrogens is 1. The summed E-state index contributed by atoms with van der Waals surface area (Å²) in [6.45, 7) is 0.161. The summed E-state index contributed by atoms with van der Waals surface area (Å²) in [5, 5.41) is 18.6. The summed E-state index contributed by atoms with van der Waals surface area (Å²) in [5.41, 5.74) is -0.194. The number of hydrogen-bond acceptors (Lipinski definition) is 4. The SMILES string of the molecule is O=C(c1cccc(=O)[nH]1)N1CC(O)C(O)C1. The third-order valence-corrected chi connectivity index (χ3v) is 2.55. The van der Waals surface area contributed by atoms with Crippen LogP contribution in [0.1, 0.15) is 10.5 Å². The number of rotatable bonds is 1. The molecule has 1 aliphatic rings. The van der Waals surface area contributed by atoms with E-state index in [-0.39, 0.29) is 24.3 Å². The fourth-order valence-electron chi connectivity index (χ4n) is 1.68. The maximum atomic E-state index is 11.8. The third-order valence-electron chi connectivity index (χ3n) is 2.55. The number of aliphatic hydroxyl groups excluding tert-OH is 2. The van der Waals surface area contributed by atoms with Crippen LogP contribution in [0.2, 0.25) is 0 Å².